The predicted octanol–water partition coefficient (Wildman–Crippen LogP) is 8.23. The Morgan fingerprint density at radius 2 is 1.18 bits per heavy atom. The molecule has 6 heteroatoms. The summed E-state index contributed by atoms with van der Waals surface area (Å²) in [4.78, 5) is 20.4. The Bertz CT molecular complexity index is 811. The standard InChI is InChI=1S/C32H53N5O/c1-3-9-27(10-4-1)33-24-34-28-19-15-25(16-20-28)23-26-17-21-30(22-18-26)36-32(35-29-11-5-2-6-12-29)38-37-31-13-7-8-14-31/h25-30H,1-23H2,(H,35,36). The van der Waals surface area contributed by atoms with Crippen LogP contribution in [0.5, 0.6) is 0 Å². The third-order valence-corrected chi connectivity index (χ3v) is 10.0. The number of amidine groups is 1. The molecule has 38 heavy (non-hydrogen) atoms. The predicted molar refractivity (Wildman–Crippen MR) is 157 cm³/mol. The van der Waals surface area contributed by atoms with Gasteiger partial charge in [-0.25, -0.2) is 15.0 Å². The highest BCUT2D eigenvalue weighted by atomic mass is 16.6. The van der Waals surface area contributed by atoms with Gasteiger partial charge in [0.15, 0.2) is 0 Å². The lowest BCUT2D eigenvalue weighted by molar-refractivity contribution is 0.223. The van der Waals surface area contributed by atoms with Crippen LogP contribution in [-0.4, -0.2) is 41.9 Å². The van der Waals surface area contributed by atoms with Gasteiger partial charge in [-0.15, -0.1) is 0 Å². The molecule has 0 bridgehead atoms. The van der Waals surface area contributed by atoms with Crippen LogP contribution in [0.4, 0.5) is 0 Å². The molecule has 0 spiro atoms. The third kappa shape index (κ3) is 9.21. The molecule has 0 saturated heterocycles. The first-order valence-corrected chi connectivity index (χ1v) is 16.5. The van der Waals surface area contributed by atoms with Crippen molar-refractivity contribution in [2.45, 2.75) is 172 Å². The number of hydrogen-bond donors (Lipinski definition) is 1. The second-order valence-electron chi connectivity index (χ2n) is 13.1. The van der Waals surface area contributed by atoms with E-state index in [1.54, 1.807) is 0 Å². The topological polar surface area (TPSA) is 70.7 Å². The van der Waals surface area contributed by atoms with Crippen LogP contribution >= 0.6 is 0 Å². The van der Waals surface area contributed by atoms with Crippen LogP contribution < -0.4 is 5.32 Å². The van der Waals surface area contributed by atoms with E-state index in [2.05, 4.69) is 21.5 Å². The molecule has 0 amide bonds. The summed E-state index contributed by atoms with van der Waals surface area (Å²) in [5, 5.41) is 8.14. The molecular formula is C32H53N5O. The van der Waals surface area contributed by atoms with E-state index in [9.17, 15) is 0 Å². The molecule has 212 valence electrons. The fourth-order valence-electron chi connectivity index (χ4n) is 7.55. The summed E-state index contributed by atoms with van der Waals surface area (Å²) in [5.74, 6) is 1.75. The number of aliphatic imine (C=N–C) groups is 3. The molecule has 0 atom stereocenters. The molecule has 5 rings (SSSR count). The second kappa shape index (κ2) is 15.2. The van der Waals surface area contributed by atoms with Crippen LogP contribution in [0.15, 0.2) is 20.1 Å². The number of nitrogens with one attached hydrogen (secondary N) is 1. The molecule has 0 aromatic carbocycles. The van der Waals surface area contributed by atoms with Crippen molar-refractivity contribution in [2.24, 2.45) is 32.0 Å². The van der Waals surface area contributed by atoms with Gasteiger partial charge < -0.3 is 10.2 Å². The SMILES string of the molecule is C(=NC1CCCCC1)=NC1CCC(CC2CCC(N=C(NC3CCCCC3)ON=C3CCCC3)CC2)CC1. The Hall–Kier alpha value is -1.68. The van der Waals surface area contributed by atoms with Crippen LogP contribution in [0, 0.1) is 11.8 Å². The normalized spacial score (nSPS) is 31.9. The van der Waals surface area contributed by atoms with Gasteiger partial charge in [-0.3, -0.25) is 0 Å². The van der Waals surface area contributed by atoms with Gasteiger partial charge in [0.25, 0.3) is 0 Å². The van der Waals surface area contributed by atoms with Crippen molar-refractivity contribution in [2.75, 3.05) is 0 Å². The lowest BCUT2D eigenvalue weighted by Crippen LogP contribution is -2.38. The Kier molecular flexibility index (Phi) is 11.1. The summed E-state index contributed by atoms with van der Waals surface area (Å²) in [6.45, 7) is 0. The van der Waals surface area contributed by atoms with Gasteiger partial charge in [-0.2, -0.15) is 0 Å². The lowest BCUT2D eigenvalue weighted by atomic mass is 9.76. The first-order chi connectivity index (χ1) is 18.8. The van der Waals surface area contributed by atoms with Gasteiger partial charge in [0.2, 0.25) is 0 Å². The minimum Gasteiger partial charge on any atom is -0.335 e. The van der Waals surface area contributed by atoms with Gasteiger partial charge in [0, 0.05) is 6.04 Å². The Balaban J connectivity index is 1.04. The first kappa shape index (κ1) is 27.9. The van der Waals surface area contributed by atoms with E-state index in [1.165, 1.54) is 141 Å². The van der Waals surface area contributed by atoms with Gasteiger partial charge in [-0.05, 0) is 121 Å². The zero-order valence-corrected chi connectivity index (χ0v) is 23.9. The van der Waals surface area contributed by atoms with Crippen LogP contribution in [0.3, 0.4) is 0 Å². The molecule has 5 fully saturated rings. The summed E-state index contributed by atoms with van der Waals surface area (Å²) in [6, 6.07) is 5.65. The molecule has 0 aromatic rings. The Labute approximate surface area is 231 Å². The van der Waals surface area contributed by atoms with Crippen LogP contribution in [0.25, 0.3) is 0 Å². The number of oxime groups is 1. The monoisotopic (exact) mass is 523 g/mol. The zero-order valence-electron chi connectivity index (χ0n) is 23.9. The number of hydrogen-bond acceptors (Lipinski definition) is 5. The van der Waals surface area contributed by atoms with E-state index in [1.807, 2.05) is 0 Å². The number of rotatable bonds is 7. The summed E-state index contributed by atoms with van der Waals surface area (Å²) in [6.07, 6.45) is 29.2. The second-order valence-corrected chi connectivity index (χ2v) is 13.1. The minimum atomic E-state index is 0.384. The molecule has 5 aliphatic carbocycles. The first-order valence-electron chi connectivity index (χ1n) is 16.5. The van der Waals surface area contributed by atoms with E-state index < -0.39 is 0 Å². The Morgan fingerprint density at radius 3 is 1.82 bits per heavy atom. The van der Waals surface area contributed by atoms with Crippen molar-refractivity contribution < 1.29 is 4.84 Å². The van der Waals surface area contributed by atoms with E-state index in [0.29, 0.717) is 30.2 Å². The maximum Gasteiger partial charge on any atom is 0.315 e. The molecule has 0 aromatic heterocycles. The molecule has 0 heterocycles. The quantitative estimate of drug-likeness (QED) is 0.207. The minimum absolute atomic E-state index is 0.384. The molecular weight excluding hydrogens is 470 g/mol. The van der Waals surface area contributed by atoms with E-state index in [0.717, 1.165) is 24.7 Å². The van der Waals surface area contributed by atoms with Gasteiger partial charge >= 0.3 is 6.02 Å². The van der Waals surface area contributed by atoms with E-state index in [4.69, 9.17) is 14.8 Å². The average Bonchev–Trinajstić information content (AvgIpc) is 3.49. The van der Waals surface area contributed by atoms with Crippen molar-refractivity contribution in [3.63, 3.8) is 0 Å². The molecule has 6 nitrogen and oxygen atoms in total. The van der Waals surface area contributed by atoms with Crippen LogP contribution in [0.1, 0.15) is 148 Å². The van der Waals surface area contributed by atoms with E-state index >= 15 is 0 Å². The summed E-state index contributed by atoms with van der Waals surface area (Å²) in [7, 11) is 0. The zero-order chi connectivity index (χ0) is 25.8. The highest BCUT2D eigenvalue weighted by molar-refractivity contribution is 5.86. The Morgan fingerprint density at radius 1 is 0.632 bits per heavy atom. The summed E-state index contributed by atoms with van der Waals surface area (Å²) < 4.78 is 0. The van der Waals surface area contributed by atoms with Crippen molar-refractivity contribution >= 4 is 17.7 Å². The lowest BCUT2D eigenvalue weighted by Gasteiger charge is -2.32. The van der Waals surface area contributed by atoms with Crippen molar-refractivity contribution in [3.8, 4) is 0 Å². The van der Waals surface area contributed by atoms with Gasteiger partial charge in [0.05, 0.1) is 29.8 Å². The molecule has 5 saturated carbocycles. The maximum atomic E-state index is 5.96. The largest absolute Gasteiger partial charge is 0.335 e. The molecule has 0 radical (unpaired) electrons. The number of nitrogens with zero attached hydrogens (tertiary/aromatic N) is 4. The fourth-order valence-corrected chi connectivity index (χ4v) is 7.55. The summed E-state index contributed by atoms with van der Waals surface area (Å²) >= 11 is 0. The highest BCUT2D eigenvalue weighted by Gasteiger charge is 2.27. The van der Waals surface area contributed by atoms with Crippen LogP contribution in [0.2, 0.25) is 0 Å². The van der Waals surface area contributed by atoms with Crippen molar-refractivity contribution in [1.82, 2.24) is 5.32 Å². The van der Waals surface area contributed by atoms with E-state index in [-0.39, 0.29) is 0 Å². The van der Waals surface area contributed by atoms with Gasteiger partial charge in [-0.1, -0.05) is 43.7 Å². The molecule has 0 unspecified atom stereocenters. The molecule has 0 aliphatic heterocycles. The van der Waals surface area contributed by atoms with Crippen molar-refractivity contribution in [3.05, 3.63) is 0 Å². The third-order valence-electron chi connectivity index (χ3n) is 10.0. The molecule has 1 N–H and O–H groups in total. The molecule has 5 aliphatic rings. The maximum absolute atomic E-state index is 5.96. The fraction of sp³-hybridized carbons (Fsp3) is 0.906. The highest BCUT2D eigenvalue weighted by Crippen LogP contribution is 2.36. The average molecular weight is 524 g/mol. The smallest absolute Gasteiger partial charge is 0.315 e. The van der Waals surface area contributed by atoms with Crippen LogP contribution in [-0.2, 0) is 4.84 Å². The summed E-state index contributed by atoms with van der Waals surface area (Å²) in [5.41, 5.74) is 1.21. The van der Waals surface area contributed by atoms with Crippen molar-refractivity contribution in [1.29, 1.82) is 0 Å². The van der Waals surface area contributed by atoms with Gasteiger partial charge in [0.1, 0.15) is 0 Å².